The number of carbonyl (C=O) groups is 1. The van der Waals surface area contributed by atoms with Crippen LogP contribution in [0.4, 0.5) is 0 Å². The van der Waals surface area contributed by atoms with Crippen LogP contribution in [-0.2, 0) is 7.05 Å². The van der Waals surface area contributed by atoms with Gasteiger partial charge in [-0.25, -0.2) is 0 Å². The second kappa shape index (κ2) is 7.47. The number of ether oxygens (including phenoxy) is 1. The zero-order valence-electron chi connectivity index (χ0n) is 15.7. The van der Waals surface area contributed by atoms with Gasteiger partial charge in [-0.1, -0.05) is 12.1 Å². The number of thiophene rings is 1. The van der Waals surface area contributed by atoms with Crippen LogP contribution in [-0.4, -0.2) is 48.3 Å². The van der Waals surface area contributed by atoms with E-state index in [1.54, 1.807) is 7.11 Å². The minimum atomic E-state index is -0.0500. The molecule has 6 nitrogen and oxygen atoms in total. The maximum atomic E-state index is 12.6. The molecule has 1 N–H and O–H groups in total. The van der Waals surface area contributed by atoms with Crippen LogP contribution < -0.4 is 10.1 Å². The Bertz CT molecular complexity index is 877. The van der Waals surface area contributed by atoms with E-state index in [1.165, 1.54) is 11.3 Å². The minimum absolute atomic E-state index is 0.0500. The van der Waals surface area contributed by atoms with E-state index in [9.17, 15) is 4.79 Å². The van der Waals surface area contributed by atoms with E-state index in [0.717, 1.165) is 27.2 Å². The molecule has 1 aromatic carbocycles. The summed E-state index contributed by atoms with van der Waals surface area (Å²) >= 11 is 1.47. The summed E-state index contributed by atoms with van der Waals surface area (Å²) in [4.78, 5) is 16.5. The first-order chi connectivity index (χ1) is 12.4. The molecular formula is C19H24N4O2S. The lowest BCUT2D eigenvalue weighted by Gasteiger charge is -2.25. The zero-order valence-corrected chi connectivity index (χ0v) is 16.6. The van der Waals surface area contributed by atoms with Gasteiger partial charge >= 0.3 is 0 Å². The quantitative estimate of drug-likeness (QED) is 0.723. The number of likely N-dealkylation sites (N-methyl/N-ethyl adjacent to an activating group) is 1. The minimum Gasteiger partial charge on any atom is -0.497 e. The maximum absolute atomic E-state index is 12.6. The van der Waals surface area contributed by atoms with Crippen molar-refractivity contribution in [3.63, 3.8) is 0 Å². The van der Waals surface area contributed by atoms with Crippen LogP contribution in [0.1, 0.15) is 27.0 Å². The van der Waals surface area contributed by atoms with Crippen LogP contribution in [0.15, 0.2) is 30.3 Å². The van der Waals surface area contributed by atoms with Gasteiger partial charge in [-0.15, -0.1) is 11.3 Å². The summed E-state index contributed by atoms with van der Waals surface area (Å²) in [7, 11) is 7.57. The predicted octanol–water partition coefficient (Wildman–Crippen LogP) is 2.98. The number of carbonyl (C=O) groups excluding carboxylic acids is 1. The van der Waals surface area contributed by atoms with Crippen molar-refractivity contribution in [3.8, 4) is 5.75 Å². The molecule has 3 aromatic rings. The molecule has 1 atom stereocenters. The van der Waals surface area contributed by atoms with E-state index in [0.29, 0.717) is 11.4 Å². The Morgan fingerprint density at radius 1 is 1.35 bits per heavy atom. The van der Waals surface area contributed by atoms with Crippen molar-refractivity contribution in [1.29, 1.82) is 0 Å². The molecule has 0 bridgehead atoms. The normalized spacial score (nSPS) is 12.5. The Hall–Kier alpha value is -2.38. The molecule has 0 spiro atoms. The van der Waals surface area contributed by atoms with E-state index in [2.05, 4.69) is 15.3 Å². The summed E-state index contributed by atoms with van der Waals surface area (Å²) < 4.78 is 7.04. The van der Waals surface area contributed by atoms with Gasteiger partial charge in [0.2, 0.25) is 0 Å². The number of nitrogens with zero attached hydrogens (tertiary/aromatic N) is 3. The van der Waals surface area contributed by atoms with Gasteiger partial charge in [0.05, 0.1) is 23.7 Å². The summed E-state index contributed by atoms with van der Waals surface area (Å²) in [5.41, 5.74) is 2.08. The van der Waals surface area contributed by atoms with Gasteiger partial charge in [0, 0.05) is 19.0 Å². The fourth-order valence-corrected chi connectivity index (χ4v) is 4.06. The molecular weight excluding hydrogens is 348 g/mol. The van der Waals surface area contributed by atoms with Crippen molar-refractivity contribution >= 4 is 27.5 Å². The SMILES string of the molecule is COc1ccc(C(CNC(=O)c2cc3c(C)nn(C)c3s2)N(C)C)cc1. The topological polar surface area (TPSA) is 59.4 Å². The molecule has 0 aliphatic rings. The Morgan fingerprint density at radius 2 is 2.04 bits per heavy atom. The number of amides is 1. The summed E-state index contributed by atoms with van der Waals surface area (Å²) in [6.07, 6.45) is 0. The number of rotatable bonds is 6. The Balaban J connectivity index is 1.73. The summed E-state index contributed by atoms with van der Waals surface area (Å²) in [5, 5.41) is 8.49. The van der Waals surface area contributed by atoms with E-state index >= 15 is 0 Å². The number of hydrogen-bond acceptors (Lipinski definition) is 5. The van der Waals surface area contributed by atoms with Crippen molar-refractivity contribution in [2.45, 2.75) is 13.0 Å². The van der Waals surface area contributed by atoms with E-state index in [1.807, 2.05) is 63.1 Å². The number of nitrogens with one attached hydrogen (secondary N) is 1. The standard InChI is InChI=1S/C19H24N4O2S/c1-12-15-10-17(26-19(15)23(4)21-12)18(24)20-11-16(22(2)3)13-6-8-14(25-5)9-7-13/h6-10,16H,11H2,1-5H3,(H,20,24). The highest BCUT2D eigenvalue weighted by Crippen LogP contribution is 2.28. The van der Waals surface area contributed by atoms with Crippen LogP contribution in [0, 0.1) is 6.92 Å². The number of methoxy groups -OCH3 is 1. The Kier molecular flexibility index (Phi) is 5.29. The Morgan fingerprint density at radius 3 is 2.62 bits per heavy atom. The highest BCUT2D eigenvalue weighted by molar-refractivity contribution is 7.20. The van der Waals surface area contributed by atoms with Crippen LogP contribution in [0.2, 0.25) is 0 Å². The monoisotopic (exact) mass is 372 g/mol. The average molecular weight is 372 g/mol. The first kappa shape index (κ1) is 18.4. The lowest BCUT2D eigenvalue weighted by atomic mass is 10.1. The van der Waals surface area contributed by atoms with Crippen molar-refractivity contribution in [2.24, 2.45) is 7.05 Å². The van der Waals surface area contributed by atoms with Crippen molar-refractivity contribution < 1.29 is 9.53 Å². The lowest BCUT2D eigenvalue weighted by Crippen LogP contribution is -2.34. The van der Waals surface area contributed by atoms with E-state index < -0.39 is 0 Å². The van der Waals surface area contributed by atoms with Crippen molar-refractivity contribution in [2.75, 3.05) is 27.7 Å². The van der Waals surface area contributed by atoms with Crippen molar-refractivity contribution in [3.05, 3.63) is 46.5 Å². The number of fused-ring (bicyclic) bond motifs is 1. The molecule has 2 heterocycles. The van der Waals surface area contributed by atoms with Crippen molar-refractivity contribution in [1.82, 2.24) is 20.0 Å². The summed E-state index contributed by atoms with van der Waals surface area (Å²) in [6, 6.07) is 9.96. The molecule has 0 aliphatic carbocycles. The molecule has 0 aliphatic heterocycles. The van der Waals surface area contributed by atoms with Gasteiger partial charge in [0.25, 0.3) is 5.91 Å². The molecule has 138 valence electrons. The molecule has 1 amide bonds. The summed E-state index contributed by atoms with van der Waals surface area (Å²) in [6.45, 7) is 2.49. The predicted molar refractivity (Wildman–Crippen MR) is 105 cm³/mol. The van der Waals surface area contributed by atoms with Gasteiger partial charge in [-0.05, 0) is 44.8 Å². The van der Waals surface area contributed by atoms with Crippen LogP contribution in [0.25, 0.3) is 10.2 Å². The summed E-state index contributed by atoms with van der Waals surface area (Å²) in [5.74, 6) is 0.774. The molecule has 0 radical (unpaired) electrons. The number of aromatic nitrogens is 2. The lowest BCUT2D eigenvalue weighted by molar-refractivity contribution is 0.0946. The Labute approximate surface area is 157 Å². The van der Waals surface area contributed by atoms with Gasteiger partial charge in [0.15, 0.2) is 0 Å². The zero-order chi connectivity index (χ0) is 18.8. The molecule has 2 aromatic heterocycles. The third kappa shape index (κ3) is 3.59. The second-order valence-corrected chi connectivity index (χ2v) is 7.53. The molecule has 0 fully saturated rings. The second-order valence-electron chi connectivity index (χ2n) is 6.50. The molecule has 26 heavy (non-hydrogen) atoms. The number of aryl methyl sites for hydroxylation is 2. The molecule has 3 rings (SSSR count). The van der Waals surface area contributed by atoms with Gasteiger partial charge in [-0.3, -0.25) is 9.48 Å². The van der Waals surface area contributed by atoms with E-state index in [4.69, 9.17) is 4.74 Å². The first-order valence-corrected chi connectivity index (χ1v) is 9.24. The molecule has 1 unspecified atom stereocenters. The maximum Gasteiger partial charge on any atom is 0.261 e. The van der Waals surface area contributed by atoms with Crippen LogP contribution in [0.5, 0.6) is 5.75 Å². The van der Waals surface area contributed by atoms with Gasteiger partial charge in [0.1, 0.15) is 10.6 Å². The fourth-order valence-electron chi connectivity index (χ4n) is 3.02. The van der Waals surface area contributed by atoms with Gasteiger partial charge < -0.3 is 15.0 Å². The van der Waals surface area contributed by atoms with E-state index in [-0.39, 0.29) is 11.9 Å². The first-order valence-electron chi connectivity index (χ1n) is 8.42. The third-order valence-electron chi connectivity index (χ3n) is 4.50. The third-order valence-corrected chi connectivity index (χ3v) is 5.70. The molecule has 0 saturated heterocycles. The van der Waals surface area contributed by atoms with Gasteiger partial charge in [-0.2, -0.15) is 5.10 Å². The molecule has 0 saturated carbocycles. The smallest absolute Gasteiger partial charge is 0.261 e. The highest BCUT2D eigenvalue weighted by Gasteiger charge is 2.18. The number of benzene rings is 1. The number of hydrogen-bond donors (Lipinski definition) is 1. The van der Waals surface area contributed by atoms with Crippen LogP contribution >= 0.6 is 11.3 Å². The largest absolute Gasteiger partial charge is 0.497 e. The fraction of sp³-hybridized carbons (Fsp3) is 0.368. The average Bonchev–Trinajstić information content (AvgIpc) is 3.17. The molecule has 7 heteroatoms. The highest BCUT2D eigenvalue weighted by atomic mass is 32.1. The van der Waals surface area contributed by atoms with Crippen LogP contribution in [0.3, 0.4) is 0 Å².